The molecule has 4 rings (SSSR count). The highest BCUT2D eigenvalue weighted by molar-refractivity contribution is 6.08. The summed E-state index contributed by atoms with van der Waals surface area (Å²) in [6.45, 7) is 8.25. The molecular weight excluding hydrogens is 586 g/mol. The zero-order chi connectivity index (χ0) is 33.2. The van der Waals surface area contributed by atoms with Gasteiger partial charge >= 0.3 is 5.63 Å². The molecule has 3 heterocycles. The van der Waals surface area contributed by atoms with E-state index in [4.69, 9.17) is 9.15 Å². The number of para-hydroxylation sites is 1. The van der Waals surface area contributed by atoms with E-state index in [9.17, 15) is 33.6 Å². The first-order valence-electron chi connectivity index (χ1n) is 14.9. The number of carbonyl (C=O) groups excluding carboxylic acids is 6. The second-order valence-corrected chi connectivity index (χ2v) is 11.7. The number of ether oxygens (including phenoxy) is 1. The minimum absolute atomic E-state index is 0.0230. The van der Waals surface area contributed by atoms with E-state index in [-0.39, 0.29) is 24.6 Å². The van der Waals surface area contributed by atoms with Gasteiger partial charge in [-0.25, -0.2) is 4.79 Å². The highest BCUT2D eigenvalue weighted by atomic mass is 16.5. The molecule has 5 atom stereocenters. The standard InChI is InChI=1S/C31H39N5O9/c1-15(2)24(28(40)34-25-16(3)19-10-7-8-12-21(19)45-31(25)43)33-27(39)20-11-9-13-35(20)29(41)17(4)32-26(38)18(5)36-23(37)14-22(44-6)30(36)42/h7-8,10,12,15,17-18,20,22,24H,9,11,13-14H2,1-6H3,(H,32,38)(H,33,39)(H,34,40)/t17-,18-,20-,22?,24-/m0/s1. The minimum atomic E-state index is -1.17. The number of hydrogen-bond acceptors (Lipinski definition) is 9. The Labute approximate surface area is 259 Å². The number of imide groups is 1. The first-order valence-corrected chi connectivity index (χ1v) is 14.9. The van der Waals surface area contributed by atoms with Gasteiger partial charge in [0.25, 0.3) is 5.91 Å². The Morgan fingerprint density at radius 3 is 2.33 bits per heavy atom. The number of likely N-dealkylation sites (tertiary alicyclic amines) is 2. The number of methoxy groups -OCH3 is 1. The van der Waals surface area contributed by atoms with E-state index >= 15 is 0 Å². The van der Waals surface area contributed by atoms with Gasteiger partial charge in [-0.1, -0.05) is 32.0 Å². The third-order valence-corrected chi connectivity index (χ3v) is 8.33. The van der Waals surface area contributed by atoms with Crippen LogP contribution in [0.4, 0.5) is 5.69 Å². The quantitative estimate of drug-likeness (QED) is 0.254. The lowest BCUT2D eigenvalue weighted by Crippen LogP contribution is -2.57. The van der Waals surface area contributed by atoms with Crippen molar-refractivity contribution in [2.75, 3.05) is 19.0 Å². The van der Waals surface area contributed by atoms with E-state index in [1.54, 1.807) is 45.0 Å². The lowest BCUT2D eigenvalue weighted by molar-refractivity contribution is -0.149. The summed E-state index contributed by atoms with van der Waals surface area (Å²) < 4.78 is 10.4. The summed E-state index contributed by atoms with van der Waals surface area (Å²) in [5, 5.41) is 8.56. The Balaban J connectivity index is 1.41. The van der Waals surface area contributed by atoms with Crippen LogP contribution in [0.1, 0.15) is 52.5 Å². The molecule has 45 heavy (non-hydrogen) atoms. The molecule has 14 nitrogen and oxygen atoms in total. The van der Waals surface area contributed by atoms with E-state index in [1.165, 1.54) is 25.9 Å². The van der Waals surface area contributed by atoms with Crippen molar-refractivity contribution < 1.29 is 37.9 Å². The monoisotopic (exact) mass is 625 g/mol. The average molecular weight is 626 g/mol. The van der Waals surface area contributed by atoms with Crippen molar-refractivity contribution in [1.29, 1.82) is 0 Å². The van der Waals surface area contributed by atoms with Crippen LogP contribution >= 0.6 is 0 Å². The maximum atomic E-state index is 13.5. The number of hydrogen-bond donors (Lipinski definition) is 3. The van der Waals surface area contributed by atoms with Crippen LogP contribution in [0, 0.1) is 12.8 Å². The summed E-state index contributed by atoms with van der Waals surface area (Å²) >= 11 is 0. The van der Waals surface area contributed by atoms with Crippen LogP contribution < -0.4 is 21.6 Å². The molecule has 1 aromatic carbocycles. The Morgan fingerprint density at radius 1 is 1.00 bits per heavy atom. The van der Waals surface area contributed by atoms with Crippen LogP contribution in [0.2, 0.25) is 0 Å². The number of rotatable bonds is 10. The molecule has 0 bridgehead atoms. The highest BCUT2D eigenvalue weighted by Crippen LogP contribution is 2.24. The molecule has 1 unspecified atom stereocenters. The van der Waals surface area contributed by atoms with Gasteiger partial charge < -0.3 is 30.0 Å². The van der Waals surface area contributed by atoms with E-state index in [0.29, 0.717) is 29.4 Å². The fraction of sp³-hybridized carbons (Fsp3) is 0.516. The second kappa shape index (κ2) is 13.6. The predicted octanol–water partition coefficient (Wildman–Crippen LogP) is 0.839. The first-order chi connectivity index (χ1) is 21.3. The number of nitrogens with one attached hydrogen (secondary N) is 3. The molecule has 242 valence electrons. The fourth-order valence-corrected chi connectivity index (χ4v) is 5.71. The van der Waals surface area contributed by atoms with Crippen LogP contribution in [-0.4, -0.2) is 89.2 Å². The maximum Gasteiger partial charge on any atom is 0.360 e. The molecule has 1 aromatic heterocycles. The SMILES string of the molecule is COC1CC(=O)N([C@@H](C)C(=O)N[C@@H](C)C(=O)N2CCC[C@H]2C(=O)N[C@H](C(=O)Nc2c(C)c3ccccc3oc2=O)C(C)C)C1=O. The number of carbonyl (C=O) groups is 6. The largest absolute Gasteiger partial charge is 0.421 e. The zero-order valence-electron chi connectivity index (χ0n) is 26.2. The molecule has 3 N–H and O–H groups in total. The van der Waals surface area contributed by atoms with Crippen molar-refractivity contribution in [2.45, 2.75) is 84.2 Å². The Hall–Kier alpha value is -4.59. The molecule has 2 aliphatic heterocycles. The molecule has 2 saturated heterocycles. The topological polar surface area (TPSA) is 184 Å². The van der Waals surface area contributed by atoms with Crippen LogP contribution in [0.3, 0.4) is 0 Å². The Kier molecular flexibility index (Phi) is 10.1. The summed E-state index contributed by atoms with van der Waals surface area (Å²) in [5.74, 6) is -3.96. The van der Waals surface area contributed by atoms with Gasteiger partial charge in [-0.15, -0.1) is 0 Å². The van der Waals surface area contributed by atoms with Crippen LogP contribution in [0.25, 0.3) is 11.0 Å². The Bertz CT molecular complexity index is 1580. The summed E-state index contributed by atoms with van der Waals surface area (Å²) in [6, 6.07) is 2.76. The summed E-state index contributed by atoms with van der Waals surface area (Å²) in [6.07, 6.45) is -0.270. The zero-order valence-corrected chi connectivity index (χ0v) is 26.2. The maximum absolute atomic E-state index is 13.5. The third-order valence-electron chi connectivity index (χ3n) is 8.33. The lowest BCUT2D eigenvalue weighted by atomic mass is 10.0. The van der Waals surface area contributed by atoms with Gasteiger partial charge in [-0.2, -0.15) is 0 Å². The van der Waals surface area contributed by atoms with E-state index in [2.05, 4.69) is 16.0 Å². The summed E-state index contributed by atoms with van der Waals surface area (Å²) in [4.78, 5) is 92.7. The third kappa shape index (κ3) is 6.75. The molecule has 0 saturated carbocycles. The molecule has 14 heteroatoms. The number of aryl methyl sites for hydroxylation is 1. The van der Waals surface area contributed by atoms with Crippen molar-refractivity contribution in [3.05, 3.63) is 40.2 Å². The summed E-state index contributed by atoms with van der Waals surface area (Å²) in [7, 11) is 1.30. The van der Waals surface area contributed by atoms with Gasteiger partial charge in [0.1, 0.15) is 41.5 Å². The van der Waals surface area contributed by atoms with Gasteiger partial charge in [0.15, 0.2) is 0 Å². The molecule has 0 spiro atoms. The first kappa shape index (κ1) is 33.3. The second-order valence-electron chi connectivity index (χ2n) is 11.7. The number of amides is 6. The minimum Gasteiger partial charge on any atom is -0.421 e. The van der Waals surface area contributed by atoms with Crippen LogP contribution in [0.15, 0.2) is 33.5 Å². The van der Waals surface area contributed by atoms with Crippen molar-refractivity contribution in [1.82, 2.24) is 20.4 Å². The average Bonchev–Trinajstić information content (AvgIpc) is 3.60. The van der Waals surface area contributed by atoms with Gasteiger partial charge in [0.2, 0.25) is 29.5 Å². The fourth-order valence-electron chi connectivity index (χ4n) is 5.71. The molecule has 6 amide bonds. The van der Waals surface area contributed by atoms with Crippen LogP contribution in [0.5, 0.6) is 0 Å². The number of fused-ring (bicyclic) bond motifs is 1. The van der Waals surface area contributed by atoms with E-state index in [1.807, 2.05) is 0 Å². The van der Waals surface area contributed by atoms with Crippen molar-refractivity contribution in [2.24, 2.45) is 5.92 Å². The van der Waals surface area contributed by atoms with E-state index < -0.39 is 71.3 Å². The summed E-state index contributed by atoms with van der Waals surface area (Å²) in [5.41, 5.74) is 0.169. The highest BCUT2D eigenvalue weighted by Gasteiger charge is 2.44. The number of benzene rings is 1. The molecule has 2 aliphatic rings. The van der Waals surface area contributed by atoms with Gasteiger partial charge in [0, 0.05) is 19.0 Å². The molecule has 2 fully saturated rings. The van der Waals surface area contributed by atoms with Gasteiger partial charge in [0.05, 0.1) is 6.42 Å². The number of nitrogens with zero attached hydrogens (tertiary/aromatic N) is 2. The number of anilines is 1. The molecular formula is C31H39N5O9. The molecule has 0 aliphatic carbocycles. The van der Waals surface area contributed by atoms with Crippen molar-refractivity contribution in [3.63, 3.8) is 0 Å². The van der Waals surface area contributed by atoms with Gasteiger partial charge in [-0.3, -0.25) is 33.7 Å². The molecule has 2 aromatic rings. The van der Waals surface area contributed by atoms with Crippen LogP contribution in [-0.2, 0) is 33.5 Å². The normalized spacial score (nSPS) is 20.3. The van der Waals surface area contributed by atoms with Gasteiger partial charge in [-0.05, 0) is 51.2 Å². The smallest absolute Gasteiger partial charge is 0.360 e. The molecule has 0 radical (unpaired) electrons. The van der Waals surface area contributed by atoms with E-state index in [0.717, 1.165) is 4.90 Å². The predicted molar refractivity (Wildman–Crippen MR) is 162 cm³/mol. The van der Waals surface area contributed by atoms with Crippen molar-refractivity contribution in [3.8, 4) is 0 Å². The Morgan fingerprint density at radius 2 is 1.69 bits per heavy atom. The van der Waals surface area contributed by atoms with Crippen molar-refractivity contribution >= 4 is 52.1 Å². The lowest BCUT2D eigenvalue weighted by Gasteiger charge is -2.30.